The zero-order valence-electron chi connectivity index (χ0n) is 8.50. The molecular formula is C10H16OSi2. The van der Waals surface area contributed by atoms with Gasteiger partial charge in [-0.05, 0) is 24.3 Å². The molecule has 0 saturated heterocycles. The fourth-order valence-corrected chi connectivity index (χ4v) is 3.26. The second kappa shape index (κ2) is 4.74. The van der Waals surface area contributed by atoms with Crippen LogP contribution in [0.2, 0.25) is 19.1 Å². The predicted octanol–water partition coefficient (Wildman–Crippen LogP) is 2.17. The third-order valence-electron chi connectivity index (χ3n) is 2.07. The van der Waals surface area contributed by atoms with E-state index < -0.39 is 8.32 Å². The molecule has 0 amide bonds. The average molecular weight is 208 g/mol. The van der Waals surface area contributed by atoms with Crippen LogP contribution in [0.5, 0.6) is 0 Å². The van der Waals surface area contributed by atoms with Crippen molar-refractivity contribution in [2.75, 3.05) is 0 Å². The number of benzene rings is 1. The minimum absolute atomic E-state index is 0.524. The van der Waals surface area contributed by atoms with Crippen molar-refractivity contribution >= 4 is 23.3 Å². The maximum atomic E-state index is 5.93. The minimum Gasteiger partial charge on any atom is -0.453 e. The van der Waals surface area contributed by atoms with Crippen LogP contribution >= 0.6 is 0 Å². The number of hydrogen-bond donors (Lipinski definition) is 0. The smallest absolute Gasteiger partial charge is 0.256 e. The highest BCUT2D eigenvalue weighted by molar-refractivity contribution is 6.76. The van der Waals surface area contributed by atoms with Crippen LogP contribution in [0.3, 0.4) is 0 Å². The average Bonchev–Trinajstić information content (AvgIpc) is 2.17. The molecule has 0 bridgehead atoms. The lowest BCUT2D eigenvalue weighted by Gasteiger charge is -2.20. The van der Waals surface area contributed by atoms with Crippen LogP contribution in [0.4, 0.5) is 0 Å². The lowest BCUT2D eigenvalue weighted by atomic mass is 10.4. The van der Waals surface area contributed by atoms with Gasteiger partial charge in [0.05, 0.1) is 0 Å². The topological polar surface area (TPSA) is 9.23 Å². The molecule has 0 heterocycles. The molecule has 1 nitrogen and oxygen atoms in total. The molecule has 0 saturated carbocycles. The summed E-state index contributed by atoms with van der Waals surface area (Å²) < 4.78 is 5.93. The van der Waals surface area contributed by atoms with Crippen molar-refractivity contribution in [1.29, 1.82) is 0 Å². The van der Waals surface area contributed by atoms with Gasteiger partial charge in [0.1, 0.15) is 0 Å². The van der Waals surface area contributed by atoms with E-state index in [1.807, 2.05) is 6.07 Å². The number of rotatable bonds is 4. The summed E-state index contributed by atoms with van der Waals surface area (Å²) in [6.45, 7) is 6.74. The third kappa shape index (κ3) is 3.89. The largest absolute Gasteiger partial charge is 0.453 e. The van der Waals surface area contributed by atoms with E-state index in [0.717, 1.165) is 0 Å². The van der Waals surface area contributed by atoms with Crippen molar-refractivity contribution in [1.82, 2.24) is 0 Å². The molecule has 0 N–H and O–H groups in total. The summed E-state index contributed by atoms with van der Waals surface area (Å²) in [4.78, 5) is 0. The van der Waals surface area contributed by atoms with Gasteiger partial charge in [0.2, 0.25) is 0 Å². The lowest BCUT2D eigenvalue weighted by molar-refractivity contribution is 0.598. The summed E-state index contributed by atoms with van der Waals surface area (Å²) in [5.74, 6) is 0. The molecular weight excluding hydrogens is 192 g/mol. The van der Waals surface area contributed by atoms with Crippen molar-refractivity contribution in [3.8, 4) is 0 Å². The first kappa shape index (κ1) is 10.7. The van der Waals surface area contributed by atoms with Gasteiger partial charge in [0.15, 0.2) is 8.32 Å². The Morgan fingerprint density at radius 2 is 1.85 bits per heavy atom. The highest BCUT2D eigenvalue weighted by atomic mass is 28.4. The number of hydrogen-bond acceptors (Lipinski definition) is 1. The molecule has 0 fully saturated rings. The quantitative estimate of drug-likeness (QED) is 0.689. The fraction of sp³-hybridized carbons (Fsp3) is 0.400. The van der Waals surface area contributed by atoms with E-state index >= 15 is 0 Å². The Bertz CT molecular complexity index is 246. The maximum Gasteiger partial charge on any atom is 0.256 e. The van der Waals surface area contributed by atoms with Crippen molar-refractivity contribution in [3.05, 3.63) is 30.3 Å². The van der Waals surface area contributed by atoms with E-state index in [0.29, 0.717) is 9.76 Å². The SMILES string of the molecule is CC[Si](C)(C)O[Si]c1ccccc1. The Balaban J connectivity index is 2.44. The molecule has 70 valence electrons. The highest BCUT2D eigenvalue weighted by Crippen LogP contribution is 2.08. The van der Waals surface area contributed by atoms with Gasteiger partial charge in [0.25, 0.3) is 9.76 Å². The monoisotopic (exact) mass is 208 g/mol. The molecule has 1 aromatic rings. The van der Waals surface area contributed by atoms with Crippen LogP contribution < -0.4 is 5.19 Å². The molecule has 0 aliphatic carbocycles. The second-order valence-corrected chi connectivity index (χ2v) is 9.51. The normalized spacial score (nSPS) is 11.6. The summed E-state index contributed by atoms with van der Waals surface area (Å²) in [7, 11) is -0.823. The van der Waals surface area contributed by atoms with E-state index in [2.05, 4.69) is 44.3 Å². The summed E-state index contributed by atoms with van der Waals surface area (Å²) >= 11 is 0. The zero-order valence-corrected chi connectivity index (χ0v) is 10.5. The van der Waals surface area contributed by atoms with Crippen LogP contribution in [0.25, 0.3) is 0 Å². The molecule has 1 rings (SSSR count). The summed E-state index contributed by atoms with van der Waals surface area (Å²) in [5.41, 5.74) is 0. The molecule has 0 atom stereocenters. The molecule has 2 radical (unpaired) electrons. The first-order valence-corrected chi connectivity index (χ1v) is 8.65. The Kier molecular flexibility index (Phi) is 3.90. The van der Waals surface area contributed by atoms with Crippen LogP contribution in [0.15, 0.2) is 30.3 Å². The zero-order chi connectivity index (χ0) is 9.73. The van der Waals surface area contributed by atoms with E-state index in [4.69, 9.17) is 4.12 Å². The van der Waals surface area contributed by atoms with E-state index in [1.165, 1.54) is 11.2 Å². The van der Waals surface area contributed by atoms with Crippen LogP contribution in [0.1, 0.15) is 6.92 Å². The van der Waals surface area contributed by atoms with Crippen molar-refractivity contribution in [2.45, 2.75) is 26.1 Å². The Morgan fingerprint density at radius 3 is 2.38 bits per heavy atom. The van der Waals surface area contributed by atoms with Gasteiger partial charge in [-0.1, -0.05) is 37.3 Å². The molecule has 0 aliphatic heterocycles. The summed E-state index contributed by atoms with van der Waals surface area (Å²) in [6, 6.07) is 11.6. The summed E-state index contributed by atoms with van der Waals surface area (Å²) in [6.07, 6.45) is 0. The van der Waals surface area contributed by atoms with E-state index in [9.17, 15) is 0 Å². The first-order chi connectivity index (χ1) is 6.14. The Labute approximate surface area is 84.2 Å². The van der Waals surface area contributed by atoms with Crippen molar-refractivity contribution in [3.63, 3.8) is 0 Å². The summed E-state index contributed by atoms with van der Waals surface area (Å²) in [5, 5.41) is 1.30. The Hall–Kier alpha value is -0.386. The standard InChI is InChI=1S/C10H16OSi2/c1-4-13(2,3)11-12-10-8-6-5-7-9-10/h5-9H,4H2,1-3H3. The highest BCUT2D eigenvalue weighted by Gasteiger charge is 2.19. The van der Waals surface area contributed by atoms with Crippen LogP contribution in [-0.2, 0) is 4.12 Å². The van der Waals surface area contributed by atoms with Crippen molar-refractivity contribution in [2.24, 2.45) is 0 Å². The molecule has 0 aliphatic rings. The minimum atomic E-state index is -1.35. The third-order valence-corrected chi connectivity index (χ3v) is 6.96. The molecule has 3 heteroatoms. The molecule has 0 spiro atoms. The van der Waals surface area contributed by atoms with Gasteiger partial charge < -0.3 is 4.12 Å². The fourth-order valence-electron chi connectivity index (χ4n) is 0.775. The molecule has 13 heavy (non-hydrogen) atoms. The van der Waals surface area contributed by atoms with Gasteiger partial charge in [-0.2, -0.15) is 0 Å². The van der Waals surface area contributed by atoms with Gasteiger partial charge >= 0.3 is 0 Å². The second-order valence-electron chi connectivity index (χ2n) is 3.68. The molecule has 0 aromatic heterocycles. The van der Waals surface area contributed by atoms with E-state index in [1.54, 1.807) is 0 Å². The van der Waals surface area contributed by atoms with Gasteiger partial charge in [0, 0.05) is 0 Å². The van der Waals surface area contributed by atoms with E-state index in [-0.39, 0.29) is 0 Å². The lowest BCUT2D eigenvalue weighted by Crippen LogP contribution is -2.34. The first-order valence-electron chi connectivity index (χ1n) is 4.63. The molecule has 1 aromatic carbocycles. The van der Waals surface area contributed by atoms with Gasteiger partial charge in [-0.25, -0.2) is 0 Å². The maximum absolute atomic E-state index is 5.93. The Morgan fingerprint density at radius 1 is 1.23 bits per heavy atom. The van der Waals surface area contributed by atoms with Crippen LogP contribution in [0, 0.1) is 0 Å². The van der Waals surface area contributed by atoms with Crippen molar-refractivity contribution < 1.29 is 4.12 Å². The van der Waals surface area contributed by atoms with Gasteiger partial charge in [-0.3, -0.25) is 0 Å². The van der Waals surface area contributed by atoms with Gasteiger partial charge in [-0.15, -0.1) is 0 Å². The molecule has 0 unspecified atom stereocenters. The van der Waals surface area contributed by atoms with Crippen LogP contribution in [-0.4, -0.2) is 18.1 Å². The predicted molar refractivity (Wildman–Crippen MR) is 60.9 cm³/mol.